The van der Waals surface area contributed by atoms with E-state index >= 15 is 0 Å². The second-order valence-corrected chi connectivity index (χ2v) is 10.1. The number of carbonyl (C=O) groups excluding carboxylic acids is 2. The predicted molar refractivity (Wildman–Crippen MR) is 124 cm³/mol. The van der Waals surface area contributed by atoms with Crippen LogP contribution in [0.4, 0.5) is 5.00 Å². The quantitative estimate of drug-likeness (QED) is 0.495. The molecule has 0 aromatic carbocycles. The van der Waals surface area contributed by atoms with Gasteiger partial charge in [0, 0.05) is 29.8 Å². The fourth-order valence-corrected chi connectivity index (χ4v) is 5.26. The van der Waals surface area contributed by atoms with Gasteiger partial charge < -0.3 is 11.1 Å². The highest BCUT2D eigenvalue weighted by Crippen LogP contribution is 2.44. The Morgan fingerprint density at radius 2 is 2.13 bits per heavy atom. The smallest absolute Gasteiger partial charge is 0.251 e. The van der Waals surface area contributed by atoms with Gasteiger partial charge in [-0.2, -0.15) is 5.10 Å². The standard InChI is InChI=1S/C21H27N5O2S2/c1-21(2,3)13-6-7-14-15(9-13)30-19(17(14)18(22)28)25-20(29)24-16(27)8-5-12-10-23-26(4)11-12/h5,8,10-11,13H,6-7,9H2,1-4H3,(H2,22,28)(H2,24,25,27,29). The zero-order valence-electron chi connectivity index (χ0n) is 17.6. The summed E-state index contributed by atoms with van der Waals surface area (Å²) in [7, 11) is 1.80. The Balaban J connectivity index is 1.70. The van der Waals surface area contributed by atoms with Gasteiger partial charge in [-0.05, 0) is 54.5 Å². The number of thiocarbonyl (C=S) groups is 1. The van der Waals surface area contributed by atoms with Crippen LogP contribution in [0.1, 0.15) is 53.6 Å². The highest BCUT2D eigenvalue weighted by atomic mass is 32.1. The molecule has 30 heavy (non-hydrogen) atoms. The van der Waals surface area contributed by atoms with Gasteiger partial charge in [-0.1, -0.05) is 20.8 Å². The van der Waals surface area contributed by atoms with Crippen molar-refractivity contribution in [2.75, 3.05) is 5.32 Å². The van der Waals surface area contributed by atoms with Gasteiger partial charge in [-0.3, -0.25) is 19.6 Å². The SMILES string of the molecule is Cn1cc(C=CC(=O)NC(=S)Nc2sc3c(c2C(N)=O)CCC(C(C)(C)C)C3)cn1. The summed E-state index contributed by atoms with van der Waals surface area (Å²) in [6, 6.07) is 0. The molecule has 4 N–H and O–H groups in total. The molecular formula is C21H27N5O2S2. The van der Waals surface area contributed by atoms with Crippen LogP contribution < -0.4 is 16.4 Å². The van der Waals surface area contributed by atoms with Crippen molar-refractivity contribution >= 4 is 51.6 Å². The Morgan fingerprint density at radius 3 is 2.73 bits per heavy atom. The number of primary amides is 1. The third-order valence-electron chi connectivity index (χ3n) is 5.35. The summed E-state index contributed by atoms with van der Waals surface area (Å²) in [5.74, 6) is -0.303. The number of rotatable bonds is 4. The molecule has 1 aliphatic rings. The van der Waals surface area contributed by atoms with Gasteiger partial charge in [-0.25, -0.2) is 0 Å². The van der Waals surface area contributed by atoms with Crippen LogP contribution in [0.15, 0.2) is 18.5 Å². The Labute approximate surface area is 185 Å². The monoisotopic (exact) mass is 445 g/mol. The van der Waals surface area contributed by atoms with E-state index in [0.717, 1.165) is 30.4 Å². The van der Waals surface area contributed by atoms with Gasteiger partial charge in [0.1, 0.15) is 5.00 Å². The number of thiophene rings is 1. The first-order valence-electron chi connectivity index (χ1n) is 9.77. The first-order chi connectivity index (χ1) is 14.0. The normalized spacial score (nSPS) is 16.3. The molecule has 2 aromatic rings. The van der Waals surface area contributed by atoms with Gasteiger partial charge in [0.05, 0.1) is 11.8 Å². The Kier molecular flexibility index (Phi) is 6.42. The van der Waals surface area contributed by atoms with Gasteiger partial charge in [0.15, 0.2) is 5.11 Å². The predicted octanol–water partition coefficient (Wildman–Crippen LogP) is 3.26. The summed E-state index contributed by atoms with van der Waals surface area (Å²) in [5, 5.41) is 10.4. The van der Waals surface area contributed by atoms with Crippen molar-refractivity contribution in [3.8, 4) is 0 Å². The van der Waals surface area contributed by atoms with Crippen LogP contribution in [0.2, 0.25) is 0 Å². The minimum atomic E-state index is -0.477. The number of amides is 2. The zero-order chi connectivity index (χ0) is 22.1. The molecular weight excluding hydrogens is 418 g/mol. The van der Waals surface area contributed by atoms with Gasteiger partial charge in [0.2, 0.25) is 5.91 Å². The molecule has 0 fully saturated rings. The number of aromatic nitrogens is 2. The molecule has 0 aliphatic heterocycles. The van der Waals surface area contributed by atoms with E-state index in [9.17, 15) is 9.59 Å². The molecule has 0 saturated heterocycles. The second-order valence-electron chi connectivity index (χ2n) is 8.60. The summed E-state index contributed by atoms with van der Waals surface area (Å²) >= 11 is 6.78. The van der Waals surface area contributed by atoms with E-state index in [2.05, 4.69) is 36.5 Å². The first-order valence-corrected chi connectivity index (χ1v) is 11.0. The number of nitrogens with one attached hydrogen (secondary N) is 2. The highest BCUT2D eigenvalue weighted by Gasteiger charge is 2.33. The number of fused-ring (bicyclic) bond motifs is 1. The molecule has 160 valence electrons. The lowest BCUT2D eigenvalue weighted by molar-refractivity contribution is -0.115. The maximum atomic E-state index is 12.1. The minimum Gasteiger partial charge on any atom is -0.365 e. The van der Waals surface area contributed by atoms with Gasteiger partial charge in [-0.15, -0.1) is 11.3 Å². The van der Waals surface area contributed by atoms with E-state index in [-0.39, 0.29) is 16.4 Å². The average molecular weight is 446 g/mol. The van der Waals surface area contributed by atoms with Crippen molar-refractivity contribution < 1.29 is 9.59 Å². The fourth-order valence-electron chi connectivity index (χ4n) is 3.66. The molecule has 1 unspecified atom stereocenters. The summed E-state index contributed by atoms with van der Waals surface area (Å²) in [6.45, 7) is 6.73. The summed E-state index contributed by atoms with van der Waals surface area (Å²) in [6.07, 6.45) is 9.23. The maximum absolute atomic E-state index is 12.1. The third kappa shape index (κ3) is 5.14. The number of anilines is 1. The van der Waals surface area contributed by atoms with E-state index in [1.807, 2.05) is 0 Å². The highest BCUT2D eigenvalue weighted by molar-refractivity contribution is 7.80. The molecule has 0 bridgehead atoms. The molecule has 1 aliphatic carbocycles. The fraction of sp³-hybridized carbons (Fsp3) is 0.429. The van der Waals surface area contributed by atoms with Crippen molar-refractivity contribution in [1.82, 2.24) is 15.1 Å². The van der Waals surface area contributed by atoms with Crippen LogP contribution in [-0.2, 0) is 24.7 Å². The van der Waals surface area contributed by atoms with E-state index in [1.54, 1.807) is 30.2 Å². The van der Waals surface area contributed by atoms with Crippen LogP contribution in [0.3, 0.4) is 0 Å². The van der Waals surface area contributed by atoms with Crippen molar-refractivity contribution in [3.05, 3.63) is 40.0 Å². The van der Waals surface area contributed by atoms with Crippen LogP contribution in [0.25, 0.3) is 6.08 Å². The number of aryl methyl sites for hydroxylation is 1. The van der Waals surface area contributed by atoms with Gasteiger partial charge >= 0.3 is 0 Å². The molecule has 0 spiro atoms. The largest absolute Gasteiger partial charge is 0.365 e. The number of hydrogen-bond acceptors (Lipinski definition) is 5. The summed E-state index contributed by atoms with van der Waals surface area (Å²) < 4.78 is 1.65. The van der Waals surface area contributed by atoms with Crippen LogP contribution in [0.5, 0.6) is 0 Å². The van der Waals surface area contributed by atoms with E-state index in [1.165, 1.54) is 22.3 Å². The number of nitrogens with two attached hydrogens (primary N) is 1. The molecule has 0 radical (unpaired) electrons. The molecule has 3 rings (SSSR count). The molecule has 1 atom stereocenters. The molecule has 2 heterocycles. The van der Waals surface area contributed by atoms with Gasteiger partial charge in [0.25, 0.3) is 5.91 Å². The number of nitrogens with zero attached hydrogens (tertiary/aromatic N) is 2. The van der Waals surface area contributed by atoms with E-state index in [0.29, 0.717) is 16.5 Å². The van der Waals surface area contributed by atoms with Crippen LogP contribution >= 0.6 is 23.6 Å². The molecule has 0 saturated carbocycles. The Hall–Kier alpha value is -2.52. The minimum absolute atomic E-state index is 0.129. The molecule has 9 heteroatoms. The van der Waals surface area contributed by atoms with Crippen LogP contribution in [0, 0.1) is 11.3 Å². The Morgan fingerprint density at radius 1 is 1.40 bits per heavy atom. The third-order valence-corrected chi connectivity index (χ3v) is 6.73. The second kappa shape index (κ2) is 8.69. The molecule has 2 amide bonds. The number of hydrogen-bond donors (Lipinski definition) is 3. The summed E-state index contributed by atoms with van der Waals surface area (Å²) in [5.41, 5.74) is 8.19. The Bertz CT molecular complexity index is 1010. The van der Waals surface area contributed by atoms with Crippen molar-refractivity contribution in [3.63, 3.8) is 0 Å². The van der Waals surface area contributed by atoms with Crippen molar-refractivity contribution in [1.29, 1.82) is 0 Å². The first kappa shape index (κ1) is 22.2. The molecule has 7 nitrogen and oxygen atoms in total. The lowest BCUT2D eigenvalue weighted by Gasteiger charge is -2.33. The zero-order valence-corrected chi connectivity index (χ0v) is 19.2. The lowest BCUT2D eigenvalue weighted by atomic mass is 9.72. The van der Waals surface area contributed by atoms with Crippen molar-refractivity contribution in [2.45, 2.75) is 40.0 Å². The lowest BCUT2D eigenvalue weighted by Crippen LogP contribution is -2.33. The number of carbonyl (C=O) groups is 2. The average Bonchev–Trinajstić information content (AvgIpc) is 3.21. The van der Waals surface area contributed by atoms with E-state index < -0.39 is 5.91 Å². The van der Waals surface area contributed by atoms with Crippen molar-refractivity contribution in [2.24, 2.45) is 24.1 Å². The topological polar surface area (TPSA) is 102 Å². The maximum Gasteiger partial charge on any atom is 0.251 e. The summed E-state index contributed by atoms with van der Waals surface area (Å²) in [4.78, 5) is 25.5. The molecule has 2 aromatic heterocycles. The van der Waals surface area contributed by atoms with Crippen LogP contribution in [-0.4, -0.2) is 26.7 Å². The van der Waals surface area contributed by atoms with E-state index in [4.69, 9.17) is 18.0 Å².